The fourth-order valence-corrected chi connectivity index (χ4v) is 2.87. The first kappa shape index (κ1) is 21.0. The molecule has 3 heterocycles. The van der Waals surface area contributed by atoms with Gasteiger partial charge in [-0.05, 0) is 36.4 Å². The largest absolute Gasteiger partial charge is 0.505 e. The number of halogens is 4. The normalized spacial score (nSPS) is 13.0. The van der Waals surface area contributed by atoms with Crippen LogP contribution in [0.1, 0.15) is 16.1 Å². The summed E-state index contributed by atoms with van der Waals surface area (Å²) in [6.45, 7) is 0.625. The van der Waals surface area contributed by atoms with Crippen molar-refractivity contribution in [2.45, 2.75) is 12.6 Å². The molecule has 1 aliphatic rings. The van der Waals surface area contributed by atoms with Gasteiger partial charge in [-0.15, -0.1) is 0 Å². The van der Waals surface area contributed by atoms with Crippen LogP contribution in [0.5, 0.6) is 5.75 Å². The van der Waals surface area contributed by atoms with Gasteiger partial charge in [0.15, 0.2) is 11.6 Å². The average molecular weight is 421 g/mol. The van der Waals surface area contributed by atoms with Crippen molar-refractivity contribution in [2.75, 3.05) is 6.54 Å². The van der Waals surface area contributed by atoms with Crippen LogP contribution in [0, 0.1) is 5.82 Å². The highest BCUT2D eigenvalue weighted by atomic mass is 19.4. The number of aromatic hydroxyl groups is 1. The molecule has 0 spiro atoms. The zero-order valence-corrected chi connectivity index (χ0v) is 15.3. The van der Waals surface area contributed by atoms with E-state index in [4.69, 9.17) is 4.79 Å². The molecule has 3 aromatic rings. The Morgan fingerprint density at radius 3 is 2.47 bits per heavy atom. The molecule has 1 amide bonds. The second kappa shape index (κ2) is 8.36. The van der Waals surface area contributed by atoms with Crippen LogP contribution in [0.25, 0.3) is 22.5 Å². The summed E-state index contributed by atoms with van der Waals surface area (Å²) in [6, 6.07) is 9.62. The monoisotopic (exact) mass is 421 g/mol. The smallest absolute Gasteiger partial charge is 0.446 e. The number of alkyl halides is 3. The van der Waals surface area contributed by atoms with Gasteiger partial charge in [-0.25, -0.2) is 4.39 Å². The van der Waals surface area contributed by atoms with Crippen molar-refractivity contribution in [1.82, 2.24) is 15.3 Å². The first-order chi connectivity index (χ1) is 14.2. The van der Waals surface area contributed by atoms with Gasteiger partial charge in [0.2, 0.25) is 6.29 Å². The summed E-state index contributed by atoms with van der Waals surface area (Å²) >= 11 is 0. The minimum atomic E-state index is -4.64. The van der Waals surface area contributed by atoms with Gasteiger partial charge < -0.3 is 15.4 Å². The van der Waals surface area contributed by atoms with Gasteiger partial charge in [0.1, 0.15) is 0 Å². The number of nitrogens with one attached hydrogen (secondary N) is 2. The maximum absolute atomic E-state index is 13.6. The van der Waals surface area contributed by atoms with E-state index >= 15 is 0 Å². The summed E-state index contributed by atoms with van der Waals surface area (Å²) in [5, 5.41) is 12.1. The number of phenols is 1. The lowest BCUT2D eigenvalue weighted by atomic mass is 10.1. The molecule has 0 radical (unpaired) electrons. The van der Waals surface area contributed by atoms with Gasteiger partial charge >= 0.3 is 6.18 Å². The van der Waals surface area contributed by atoms with E-state index in [9.17, 15) is 27.5 Å². The molecule has 6 nitrogen and oxygen atoms in total. The number of carbonyl (C=O) groups excluding carboxylic acids is 2. The second-order valence-corrected chi connectivity index (χ2v) is 6.34. The van der Waals surface area contributed by atoms with Crippen molar-refractivity contribution in [3.8, 4) is 28.3 Å². The molecule has 0 atom stereocenters. The van der Waals surface area contributed by atoms with Crippen LogP contribution in [0.2, 0.25) is 0 Å². The Bertz CT molecular complexity index is 1090. The summed E-state index contributed by atoms with van der Waals surface area (Å²) in [5.41, 5.74) is 4.41. The number of amides is 1. The highest BCUT2D eigenvalue weighted by Crippen LogP contribution is 2.28. The Kier molecular flexibility index (Phi) is 5.86. The van der Waals surface area contributed by atoms with Crippen molar-refractivity contribution in [2.24, 2.45) is 0 Å². The quantitative estimate of drug-likeness (QED) is 0.435. The highest BCUT2D eigenvalue weighted by molar-refractivity contribution is 5.97. The fourth-order valence-electron chi connectivity index (χ4n) is 2.87. The number of carbonyl (C=O) groups is 2. The summed E-state index contributed by atoms with van der Waals surface area (Å²) in [6.07, 6.45) is -3.30. The number of aldehydes is 1. The fraction of sp³-hybridized carbons (Fsp3) is 0.150. The number of nitrogens with zero attached hydrogens (tertiary/aromatic N) is 1. The molecular formula is C20H15F4N3O3. The number of hydrogen-bond acceptors (Lipinski definition) is 4. The van der Waals surface area contributed by atoms with Gasteiger partial charge in [-0.3, -0.25) is 14.6 Å². The molecule has 30 heavy (non-hydrogen) atoms. The summed E-state index contributed by atoms with van der Waals surface area (Å²) in [5.74, 6) is -1.15. The van der Waals surface area contributed by atoms with Gasteiger partial charge in [0.25, 0.3) is 5.91 Å². The lowest BCUT2D eigenvalue weighted by Crippen LogP contribution is -2.31. The number of aromatic nitrogens is 2. The average Bonchev–Trinajstić information content (AvgIpc) is 3.16. The van der Waals surface area contributed by atoms with E-state index < -0.39 is 24.0 Å². The molecule has 2 aromatic heterocycles. The number of fused-ring (bicyclic) bond motifs is 1. The van der Waals surface area contributed by atoms with E-state index in [-0.39, 0.29) is 5.91 Å². The molecule has 4 rings (SSSR count). The number of benzene rings is 1. The van der Waals surface area contributed by atoms with Crippen LogP contribution in [-0.4, -0.2) is 40.0 Å². The van der Waals surface area contributed by atoms with Crippen molar-refractivity contribution < 1.29 is 32.3 Å². The molecule has 1 aromatic carbocycles. The zero-order chi connectivity index (χ0) is 21.9. The Labute approximate surface area is 167 Å². The van der Waals surface area contributed by atoms with Crippen LogP contribution in [-0.2, 0) is 11.2 Å². The molecule has 0 aliphatic carbocycles. The first-order valence-electron chi connectivity index (χ1n) is 8.66. The number of H-pyrrole nitrogens is 1. The van der Waals surface area contributed by atoms with Crippen LogP contribution in [0.15, 0.2) is 42.6 Å². The van der Waals surface area contributed by atoms with Crippen LogP contribution in [0.4, 0.5) is 17.6 Å². The van der Waals surface area contributed by atoms with E-state index in [2.05, 4.69) is 15.3 Å². The highest BCUT2D eigenvalue weighted by Gasteiger charge is 2.25. The number of pyridine rings is 1. The second-order valence-electron chi connectivity index (χ2n) is 6.34. The van der Waals surface area contributed by atoms with E-state index in [0.29, 0.717) is 23.4 Å². The molecule has 0 saturated carbocycles. The molecular weight excluding hydrogens is 406 g/mol. The zero-order valence-electron chi connectivity index (χ0n) is 15.3. The third kappa shape index (κ3) is 4.83. The van der Waals surface area contributed by atoms with E-state index in [0.717, 1.165) is 23.4 Å². The van der Waals surface area contributed by atoms with Crippen LogP contribution < -0.4 is 5.32 Å². The number of phenolic OH excluding ortho intramolecular Hbond substituents is 1. The topological polar surface area (TPSA) is 95.1 Å². The lowest BCUT2D eigenvalue weighted by Gasteiger charge is -2.10. The Morgan fingerprint density at radius 2 is 1.83 bits per heavy atom. The molecule has 10 heteroatoms. The van der Waals surface area contributed by atoms with Crippen molar-refractivity contribution >= 4 is 12.2 Å². The van der Waals surface area contributed by atoms with Gasteiger partial charge in [-0.1, -0.05) is 0 Å². The third-order valence-electron chi connectivity index (χ3n) is 4.25. The van der Waals surface area contributed by atoms with Crippen molar-refractivity contribution in [3.63, 3.8) is 0 Å². The Morgan fingerprint density at radius 1 is 1.10 bits per heavy atom. The Balaban J connectivity index is 0.000000377. The van der Waals surface area contributed by atoms with E-state index in [1.807, 2.05) is 18.2 Å². The summed E-state index contributed by atoms with van der Waals surface area (Å²) in [7, 11) is 0. The molecule has 1 aliphatic heterocycles. The maximum Gasteiger partial charge on any atom is 0.446 e. The SMILES string of the molecule is O=C1NCCc2[nH]c(-c3ccnc(-c4ccc(O)c(F)c4)c3)cc21.O=CC(F)(F)F. The maximum atomic E-state index is 13.6. The van der Waals surface area contributed by atoms with E-state index in [1.165, 1.54) is 12.1 Å². The molecule has 0 saturated heterocycles. The van der Waals surface area contributed by atoms with Crippen molar-refractivity contribution in [1.29, 1.82) is 0 Å². The molecule has 0 unspecified atom stereocenters. The summed E-state index contributed by atoms with van der Waals surface area (Å²) < 4.78 is 44.8. The Hall–Kier alpha value is -3.69. The number of rotatable bonds is 2. The minimum Gasteiger partial charge on any atom is -0.505 e. The first-order valence-corrected chi connectivity index (χ1v) is 8.66. The van der Waals surface area contributed by atoms with E-state index in [1.54, 1.807) is 12.3 Å². The number of hydrogen-bond donors (Lipinski definition) is 3. The van der Waals surface area contributed by atoms with Gasteiger partial charge in [0, 0.05) is 41.7 Å². The molecule has 156 valence electrons. The number of aromatic amines is 1. The minimum absolute atomic E-state index is 0.0753. The molecule has 0 fully saturated rings. The van der Waals surface area contributed by atoms with Gasteiger partial charge in [-0.2, -0.15) is 13.2 Å². The summed E-state index contributed by atoms with van der Waals surface area (Å²) in [4.78, 5) is 28.1. The molecule has 3 N–H and O–H groups in total. The third-order valence-corrected chi connectivity index (χ3v) is 4.25. The standard InChI is InChI=1S/C18H14FN3O2.C2HF3O/c19-13-7-10(1-2-17(13)23)15-8-11(3-5-20-15)16-9-12-14(22-16)4-6-21-18(12)24;3-2(4,5)1-6/h1-3,5,7-9,22-23H,4,6H2,(H,21,24);1H. The van der Waals surface area contributed by atoms with Crippen LogP contribution >= 0.6 is 0 Å². The van der Waals surface area contributed by atoms with Crippen molar-refractivity contribution in [3.05, 3.63) is 59.7 Å². The van der Waals surface area contributed by atoms with Gasteiger partial charge in [0.05, 0.1) is 11.3 Å². The van der Waals surface area contributed by atoms with Crippen LogP contribution in [0.3, 0.4) is 0 Å². The predicted octanol–water partition coefficient (Wildman–Crippen LogP) is 3.62. The lowest BCUT2D eigenvalue weighted by molar-refractivity contribution is -0.156. The predicted molar refractivity (Wildman–Crippen MR) is 99.2 cm³/mol. The molecule has 0 bridgehead atoms.